The first-order valence-corrected chi connectivity index (χ1v) is 8.82. The summed E-state index contributed by atoms with van der Waals surface area (Å²) < 4.78 is 64.6. The fourth-order valence-corrected chi connectivity index (χ4v) is 4.23. The Balaban J connectivity index is 1.94. The SMILES string of the molecule is O=C(NCC1CCCS(=O)(=O)C1)c1ccc(OC(F)F)c(F)c1. The smallest absolute Gasteiger partial charge is 0.387 e. The Bertz CT molecular complexity index is 679. The summed E-state index contributed by atoms with van der Waals surface area (Å²) in [4.78, 5) is 11.9. The largest absolute Gasteiger partial charge is 0.432 e. The van der Waals surface area contributed by atoms with Gasteiger partial charge in [0.1, 0.15) is 0 Å². The summed E-state index contributed by atoms with van der Waals surface area (Å²) in [5, 5.41) is 2.53. The maximum absolute atomic E-state index is 13.5. The van der Waals surface area contributed by atoms with Crippen LogP contribution in [0, 0.1) is 11.7 Å². The summed E-state index contributed by atoms with van der Waals surface area (Å²) in [6.45, 7) is -2.99. The molecule has 1 saturated heterocycles. The lowest BCUT2D eigenvalue weighted by molar-refractivity contribution is -0.0521. The fraction of sp³-hybridized carbons (Fsp3) is 0.500. The van der Waals surface area contributed by atoms with Gasteiger partial charge in [-0.3, -0.25) is 4.79 Å². The zero-order valence-electron chi connectivity index (χ0n) is 12.1. The molecule has 1 heterocycles. The summed E-state index contributed by atoms with van der Waals surface area (Å²) in [7, 11) is -3.07. The van der Waals surface area contributed by atoms with Crippen LogP contribution in [-0.2, 0) is 9.84 Å². The van der Waals surface area contributed by atoms with E-state index in [1.807, 2.05) is 0 Å². The normalized spacial score (nSPS) is 20.3. The lowest BCUT2D eigenvalue weighted by Crippen LogP contribution is -2.35. The highest BCUT2D eigenvalue weighted by Crippen LogP contribution is 2.21. The van der Waals surface area contributed by atoms with E-state index < -0.39 is 33.9 Å². The molecular formula is C14H16F3NO4S. The van der Waals surface area contributed by atoms with Crippen molar-refractivity contribution in [3.8, 4) is 5.75 Å². The number of carbonyl (C=O) groups is 1. The minimum absolute atomic E-state index is 0.0167. The Morgan fingerprint density at radius 2 is 2.13 bits per heavy atom. The maximum Gasteiger partial charge on any atom is 0.387 e. The third kappa shape index (κ3) is 5.12. The molecule has 0 saturated carbocycles. The van der Waals surface area contributed by atoms with Crippen molar-refractivity contribution < 1.29 is 31.1 Å². The molecule has 1 N–H and O–H groups in total. The van der Waals surface area contributed by atoms with E-state index in [1.54, 1.807) is 0 Å². The predicted octanol–water partition coefficient (Wildman–Crippen LogP) is 1.98. The third-order valence-corrected chi connectivity index (χ3v) is 5.41. The lowest BCUT2D eigenvalue weighted by atomic mass is 10.1. The molecule has 0 spiro atoms. The maximum atomic E-state index is 13.5. The molecule has 5 nitrogen and oxygen atoms in total. The fourth-order valence-electron chi connectivity index (χ4n) is 2.45. The number of hydrogen-bond acceptors (Lipinski definition) is 4. The van der Waals surface area contributed by atoms with Crippen molar-refractivity contribution in [2.24, 2.45) is 5.92 Å². The highest BCUT2D eigenvalue weighted by atomic mass is 32.2. The molecule has 9 heteroatoms. The summed E-state index contributed by atoms with van der Waals surface area (Å²) >= 11 is 0. The van der Waals surface area contributed by atoms with Crippen molar-refractivity contribution in [2.75, 3.05) is 18.1 Å². The molecule has 23 heavy (non-hydrogen) atoms. The molecule has 128 valence electrons. The van der Waals surface area contributed by atoms with Crippen molar-refractivity contribution in [3.05, 3.63) is 29.6 Å². The summed E-state index contributed by atoms with van der Waals surface area (Å²) in [5.74, 6) is -2.32. The summed E-state index contributed by atoms with van der Waals surface area (Å²) in [6.07, 6.45) is 1.24. The average Bonchev–Trinajstić information content (AvgIpc) is 2.45. The van der Waals surface area contributed by atoms with Gasteiger partial charge < -0.3 is 10.1 Å². The molecular weight excluding hydrogens is 335 g/mol. The number of sulfone groups is 1. The summed E-state index contributed by atoms with van der Waals surface area (Å²) in [5.41, 5.74) is -0.0530. The zero-order valence-corrected chi connectivity index (χ0v) is 12.9. The molecule has 0 aliphatic carbocycles. The van der Waals surface area contributed by atoms with Crippen molar-refractivity contribution in [1.82, 2.24) is 5.32 Å². The Hall–Kier alpha value is -1.77. The van der Waals surface area contributed by atoms with Crippen molar-refractivity contribution in [1.29, 1.82) is 0 Å². The summed E-state index contributed by atoms with van der Waals surface area (Å²) in [6, 6.07) is 2.90. The van der Waals surface area contributed by atoms with Crippen LogP contribution in [0.3, 0.4) is 0 Å². The average molecular weight is 351 g/mol. The van der Waals surface area contributed by atoms with Gasteiger partial charge in [0.2, 0.25) is 0 Å². The number of amides is 1. The van der Waals surface area contributed by atoms with Crippen LogP contribution in [0.2, 0.25) is 0 Å². The molecule has 0 radical (unpaired) electrons. The van der Waals surface area contributed by atoms with Gasteiger partial charge in [-0.25, -0.2) is 12.8 Å². The van der Waals surface area contributed by atoms with Crippen LogP contribution in [0.5, 0.6) is 5.75 Å². The molecule has 1 atom stereocenters. The van der Waals surface area contributed by atoms with Gasteiger partial charge in [-0.05, 0) is 37.0 Å². The van der Waals surface area contributed by atoms with Gasteiger partial charge in [0.15, 0.2) is 21.4 Å². The Labute approximate surface area is 131 Å². The number of rotatable bonds is 5. The third-order valence-electron chi connectivity index (χ3n) is 3.52. The van der Waals surface area contributed by atoms with Gasteiger partial charge in [-0.2, -0.15) is 8.78 Å². The van der Waals surface area contributed by atoms with Crippen molar-refractivity contribution in [2.45, 2.75) is 19.5 Å². The second-order valence-corrected chi connectivity index (χ2v) is 7.59. The van der Waals surface area contributed by atoms with Crippen molar-refractivity contribution >= 4 is 15.7 Å². The molecule has 1 unspecified atom stereocenters. The monoisotopic (exact) mass is 351 g/mol. The standard InChI is InChI=1S/C14H16F3NO4S/c15-11-6-10(3-4-12(11)22-14(16)17)13(19)18-7-9-2-1-5-23(20,21)8-9/h3-4,6,9,14H,1-2,5,7-8H2,(H,18,19). The number of carbonyl (C=O) groups excluding carboxylic acids is 1. The van der Waals surface area contributed by atoms with Gasteiger partial charge in [0.05, 0.1) is 11.5 Å². The van der Waals surface area contributed by atoms with Crippen LogP contribution in [0.1, 0.15) is 23.2 Å². The highest BCUT2D eigenvalue weighted by molar-refractivity contribution is 7.91. The van der Waals surface area contributed by atoms with Gasteiger partial charge >= 0.3 is 6.61 Å². The molecule has 1 aliphatic rings. The molecule has 1 fully saturated rings. The lowest BCUT2D eigenvalue weighted by Gasteiger charge is -2.22. The number of nitrogens with one attached hydrogen (secondary N) is 1. The first-order chi connectivity index (χ1) is 10.8. The highest BCUT2D eigenvalue weighted by Gasteiger charge is 2.25. The molecule has 1 aliphatic heterocycles. The minimum atomic E-state index is -3.16. The number of halogens is 3. The van der Waals surface area contributed by atoms with E-state index in [4.69, 9.17) is 0 Å². The van der Waals surface area contributed by atoms with Gasteiger partial charge in [0.25, 0.3) is 5.91 Å². The Morgan fingerprint density at radius 1 is 1.39 bits per heavy atom. The van der Waals surface area contributed by atoms with Crippen LogP contribution >= 0.6 is 0 Å². The molecule has 0 bridgehead atoms. The van der Waals surface area contributed by atoms with Gasteiger partial charge in [-0.15, -0.1) is 0 Å². The number of alkyl halides is 2. The van der Waals surface area contributed by atoms with Crippen LogP contribution in [0.25, 0.3) is 0 Å². The quantitative estimate of drug-likeness (QED) is 0.880. The Kier molecular flexibility index (Phi) is 5.51. The van der Waals surface area contributed by atoms with Crippen LogP contribution in [0.4, 0.5) is 13.2 Å². The molecule has 1 aromatic carbocycles. The molecule has 2 rings (SSSR count). The molecule has 1 amide bonds. The number of benzene rings is 1. The first-order valence-electron chi connectivity index (χ1n) is 7.00. The number of hydrogen-bond donors (Lipinski definition) is 1. The van der Waals surface area contributed by atoms with E-state index in [0.717, 1.165) is 18.2 Å². The van der Waals surface area contributed by atoms with E-state index in [2.05, 4.69) is 10.1 Å². The molecule has 1 aromatic rings. The second kappa shape index (κ2) is 7.20. The topological polar surface area (TPSA) is 72.5 Å². The van der Waals surface area contributed by atoms with E-state index >= 15 is 0 Å². The number of ether oxygens (including phenoxy) is 1. The Morgan fingerprint density at radius 3 is 2.74 bits per heavy atom. The molecule has 0 aromatic heterocycles. The first kappa shape index (κ1) is 17.6. The van der Waals surface area contributed by atoms with Crippen LogP contribution in [0.15, 0.2) is 18.2 Å². The van der Waals surface area contributed by atoms with E-state index in [1.165, 1.54) is 0 Å². The predicted molar refractivity (Wildman–Crippen MR) is 76.7 cm³/mol. The van der Waals surface area contributed by atoms with Crippen molar-refractivity contribution in [3.63, 3.8) is 0 Å². The minimum Gasteiger partial charge on any atom is -0.432 e. The van der Waals surface area contributed by atoms with Crippen LogP contribution < -0.4 is 10.1 Å². The van der Waals surface area contributed by atoms with E-state index in [9.17, 15) is 26.4 Å². The van der Waals surface area contributed by atoms with Gasteiger partial charge in [-0.1, -0.05) is 0 Å². The van der Waals surface area contributed by atoms with E-state index in [0.29, 0.717) is 12.8 Å². The van der Waals surface area contributed by atoms with Crippen LogP contribution in [-0.4, -0.2) is 39.0 Å². The van der Waals surface area contributed by atoms with E-state index in [-0.39, 0.29) is 29.5 Å². The zero-order chi connectivity index (χ0) is 17.0. The second-order valence-electron chi connectivity index (χ2n) is 5.36. The van der Waals surface area contributed by atoms with Gasteiger partial charge in [0, 0.05) is 12.1 Å².